The van der Waals surface area contributed by atoms with Crippen LogP contribution < -0.4 is 10.2 Å². The van der Waals surface area contributed by atoms with Crippen LogP contribution in [0.5, 0.6) is 0 Å². The van der Waals surface area contributed by atoms with Gasteiger partial charge in [0.1, 0.15) is 0 Å². The molecule has 0 bridgehead atoms. The number of halogens is 1. The van der Waals surface area contributed by atoms with E-state index >= 15 is 0 Å². The summed E-state index contributed by atoms with van der Waals surface area (Å²) >= 11 is 8.22. The van der Waals surface area contributed by atoms with Gasteiger partial charge in [0.2, 0.25) is 11.8 Å². The third-order valence-electron chi connectivity index (χ3n) is 7.37. The minimum atomic E-state index is -0.105. The number of likely N-dealkylation sites (tertiary alicyclic amines) is 1. The second-order valence-corrected chi connectivity index (χ2v) is 11.2. The molecule has 0 aliphatic carbocycles. The molecule has 0 unspecified atom stereocenters. The van der Waals surface area contributed by atoms with Crippen molar-refractivity contribution in [2.45, 2.75) is 50.7 Å². The first-order valence-electron chi connectivity index (χ1n) is 12.2. The van der Waals surface area contributed by atoms with Crippen LogP contribution in [-0.4, -0.2) is 58.6 Å². The van der Waals surface area contributed by atoms with Crippen LogP contribution in [-0.2, 0) is 22.6 Å². The van der Waals surface area contributed by atoms with E-state index < -0.39 is 0 Å². The minimum Gasteiger partial charge on any atom is -0.395 e. The van der Waals surface area contributed by atoms with Crippen LogP contribution in [0.4, 0.5) is 5.69 Å². The molecule has 3 aromatic rings. The number of hydrogen-bond donors (Lipinski definition) is 2. The van der Waals surface area contributed by atoms with Crippen LogP contribution in [0.25, 0.3) is 21.3 Å². The Balaban J connectivity index is 1.43. The Kier molecular flexibility index (Phi) is 6.00. The molecule has 7 nitrogen and oxygen atoms in total. The maximum Gasteiger partial charge on any atom is 0.230 e. The van der Waals surface area contributed by atoms with Crippen molar-refractivity contribution >= 4 is 50.7 Å². The molecule has 9 heteroatoms. The van der Waals surface area contributed by atoms with Crippen molar-refractivity contribution in [3.8, 4) is 11.1 Å². The first kappa shape index (κ1) is 22.9. The molecule has 5 heterocycles. The standard InChI is InChI=1S/C26H27ClN4O3S/c27-16-8-15-2-1-7-30(18-10-17(14-32)29-12-18)25(15)21(9-16)20-5-6-28-22-11-19(35-26(20)22)13-31-23(33)3-4-24(31)34/h5-6,8-9,11,17-18,29,32H,1-4,7,10,12-14H2/t17-,18+/m0/s1. The van der Waals surface area contributed by atoms with E-state index in [2.05, 4.69) is 21.3 Å². The SMILES string of the molecule is O=C1CCC(=O)N1Cc1cc2nccc(-c3cc(Cl)cc4c3N([C@H]3CN[C@H](CO)C3)CCC4)c2s1. The van der Waals surface area contributed by atoms with Crippen molar-refractivity contribution in [3.05, 3.63) is 45.9 Å². The lowest BCUT2D eigenvalue weighted by molar-refractivity contribution is -0.138. The van der Waals surface area contributed by atoms with Crippen molar-refractivity contribution in [1.29, 1.82) is 0 Å². The quantitative estimate of drug-likeness (QED) is 0.509. The fourth-order valence-corrected chi connectivity index (χ4v) is 7.09. The van der Waals surface area contributed by atoms with E-state index in [1.54, 1.807) is 11.3 Å². The molecule has 3 aliphatic rings. The second-order valence-electron chi connectivity index (χ2n) is 9.59. The predicted molar refractivity (Wildman–Crippen MR) is 138 cm³/mol. The summed E-state index contributed by atoms with van der Waals surface area (Å²) in [6, 6.07) is 8.60. The third kappa shape index (κ3) is 4.12. The Morgan fingerprint density at radius 2 is 1.97 bits per heavy atom. The van der Waals surface area contributed by atoms with E-state index in [1.165, 1.54) is 16.2 Å². The van der Waals surface area contributed by atoms with Crippen molar-refractivity contribution < 1.29 is 14.7 Å². The highest BCUT2D eigenvalue weighted by Gasteiger charge is 2.33. The molecule has 2 aromatic heterocycles. The number of aryl methyl sites for hydroxylation is 1. The number of hydrogen-bond acceptors (Lipinski definition) is 7. The molecule has 2 fully saturated rings. The maximum atomic E-state index is 12.2. The Morgan fingerprint density at radius 3 is 2.74 bits per heavy atom. The van der Waals surface area contributed by atoms with E-state index in [0.29, 0.717) is 30.5 Å². The van der Waals surface area contributed by atoms with E-state index in [-0.39, 0.29) is 24.5 Å². The Labute approximate surface area is 212 Å². The van der Waals surface area contributed by atoms with Crippen LogP contribution in [0, 0.1) is 0 Å². The Morgan fingerprint density at radius 1 is 1.14 bits per heavy atom. The average molecular weight is 511 g/mol. The predicted octanol–water partition coefficient (Wildman–Crippen LogP) is 3.74. The number of carbonyl (C=O) groups excluding carboxylic acids is 2. The van der Waals surface area contributed by atoms with Gasteiger partial charge in [-0.1, -0.05) is 11.6 Å². The van der Waals surface area contributed by atoms with Crippen LogP contribution in [0.15, 0.2) is 30.5 Å². The third-order valence-corrected chi connectivity index (χ3v) is 8.73. The number of imide groups is 1. The van der Waals surface area contributed by atoms with Gasteiger partial charge in [0.25, 0.3) is 0 Å². The average Bonchev–Trinajstić information content (AvgIpc) is 3.58. The zero-order valence-electron chi connectivity index (χ0n) is 19.3. The van der Waals surface area contributed by atoms with Gasteiger partial charge in [-0.2, -0.15) is 0 Å². The highest BCUT2D eigenvalue weighted by molar-refractivity contribution is 7.19. The molecule has 2 atom stereocenters. The summed E-state index contributed by atoms with van der Waals surface area (Å²) < 4.78 is 1.04. The van der Waals surface area contributed by atoms with Crippen LogP contribution in [0.1, 0.15) is 36.1 Å². The van der Waals surface area contributed by atoms with Gasteiger partial charge in [-0.3, -0.25) is 19.5 Å². The van der Waals surface area contributed by atoms with Crippen molar-refractivity contribution in [1.82, 2.24) is 15.2 Å². The zero-order chi connectivity index (χ0) is 24.1. The molecule has 3 aliphatic heterocycles. The molecular weight excluding hydrogens is 484 g/mol. The second kappa shape index (κ2) is 9.17. The molecule has 2 saturated heterocycles. The largest absolute Gasteiger partial charge is 0.395 e. The number of anilines is 1. The summed E-state index contributed by atoms with van der Waals surface area (Å²) in [5.74, 6) is -0.210. The number of aromatic nitrogens is 1. The number of fused-ring (bicyclic) bond motifs is 2. The minimum absolute atomic E-state index is 0.105. The Hall–Kier alpha value is -2.52. The normalized spacial score (nSPS) is 22.5. The molecule has 2 amide bonds. The number of nitrogens with zero attached hydrogens (tertiary/aromatic N) is 3. The van der Waals surface area contributed by atoms with E-state index in [9.17, 15) is 14.7 Å². The first-order valence-corrected chi connectivity index (χ1v) is 13.4. The molecular formula is C26H27ClN4O3S. The highest BCUT2D eigenvalue weighted by Crippen LogP contribution is 2.45. The smallest absolute Gasteiger partial charge is 0.230 e. The Bertz CT molecular complexity index is 1310. The van der Waals surface area contributed by atoms with E-state index in [4.69, 9.17) is 11.6 Å². The summed E-state index contributed by atoms with van der Waals surface area (Å²) in [7, 11) is 0. The molecule has 0 saturated carbocycles. The monoisotopic (exact) mass is 510 g/mol. The van der Waals surface area contributed by atoms with Gasteiger partial charge in [-0.25, -0.2) is 0 Å². The van der Waals surface area contributed by atoms with Gasteiger partial charge in [0.05, 0.1) is 23.4 Å². The van der Waals surface area contributed by atoms with Gasteiger partial charge < -0.3 is 15.3 Å². The molecule has 6 rings (SSSR count). The zero-order valence-corrected chi connectivity index (χ0v) is 20.9. The number of thiophene rings is 1. The van der Waals surface area contributed by atoms with Crippen LogP contribution in [0.3, 0.4) is 0 Å². The van der Waals surface area contributed by atoms with Gasteiger partial charge in [0.15, 0.2) is 0 Å². The summed E-state index contributed by atoms with van der Waals surface area (Å²) in [6.45, 7) is 2.26. The number of pyridine rings is 1. The van der Waals surface area contributed by atoms with E-state index in [0.717, 1.165) is 58.6 Å². The number of aliphatic hydroxyl groups is 1. The number of amides is 2. The molecule has 1 aromatic carbocycles. The van der Waals surface area contributed by atoms with Crippen molar-refractivity contribution in [2.24, 2.45) is 0 Å². The number of benzene rings is 1. The number of carbonyl (C=O) groups is 2. The fraction of sp³-hybridized carbons (Fsp3) is 0.423. The molecule has 35 heavy (non-hydrogen) atoms. The number of nitrogens with one attached hydrogen (secondary N) is 1. The van der Waals surface area contributed by atoms with Gasteiger partial charge in [0, 0.05) is 70.9 Å². The molecule has 0 spiro atoms. The lowest BCUT2D eigenvalue weighted by Crippen LogP contribution is -2.40. The van der Waals surface area contributed by atoms with Crippen molar-refractivity contribution in [2.75, 3.05) is 24.6 Å². The molecule has 182 valence electrons. The van der Waals surface area contributed by atoms with Crippen molar-refractivity contribution in [3.63, 3.8) is 0 Å². The first-order chi connectivity index (χ1) is 17.0. The van der Waals surface area contributed by atoms with Crippen LogP contribution in [0.2, 0.25) is 5.02 Å². The lowest BCUT2D eigenvalue weighted by atomic mass is 9.92. The summed E-state index contributed by atoms with van der Waals surface area (Å²) in [4.78, 5) is 33.7. The topological polar surface area (TPSA) is 85.8 Å². The summed E-state index contributed by atoms with van der Waals surface area (Å²) in [6.07, 6.45) is 5.37. The van der Waals surface area contributed by atoms with Gasteiger partial charge >= 0.3 is 0 Å². The lowest BCUT2D eigenvalue weighted by Gasteiger charge is -2.38. The van der Waals surface area contributed by atoms with Crippen LogP contribution >= 0.6 is 22.9 Å². The maximum absolute atomic E-state index is 12.2. The van der Waals surface area contributed by atoms with Gasteiger partial charge in [-0.05, 0) is 49.1 Å². The van der Waals surface area contributed by atoms with Gasteiger partial charge in [-0.15, -0.1) is 11.3 Å². The summed E-state index contributed by atoms with van der Waals surface area (Å²) in [5.41, 5.74) is 5.49. The summed E-state index contributed by atoms with van der Waals surface area (Å²) in [5, 5.41) is 13.8. The molecule has 0 radical (unpaired) electrons. The molecule has 2 N–H and O–H groups in total. The van der Waals surface area contributed by atoms with E-state index in [1.807, 2.05) is 24.4 Å². The highest BCUT2D eigenvalue weighted by atomic mass is 35.5. The number of rotatable bonds is 5. The fourth-order valence-electron chi connectivity index (χ4n) is 5.71. The number of aliphatic hydroxyl groups excluding tert-OH is 1.